The molecule has 0 N–H and O–H groups in total. The van der Waals surface area contributed by atoms with Crippen molar-refractivity contribution in [2.45, 2.75) is 45.1 Å². The number of ether oxygens (including phenoxy) is 1. The van der Waals surface area contributed by atoms with Gasteiger partial charge in [-0.15, -0.1) is 0 Å². The highest BCUT2D eigenvalue weighted by atomic mass is 35.5. The van der Waals surface area contributed by atoms with E-state index >= 15 is 0 Å². The smallest absolute Gasteiger partial charge is 0.410 e. The topological polar surface area (TPSA) is 63.5 Å². The molecule has 6 rings (SSSR count). The number of hydrogen-bond donors (Lipinski definition) is 0. The van der Waals surface area contributed by atoms with E-state index < -0.39 is 5.60 Å². The molecule has 0 radical (unpaired) electrons. The number of anilines is 1. The van der Waals surface area contributed by atoms with Gasteiger partial charge in [0.1, 0.15) is 23.4 Å². The minimum Gasteiger partial charge on any atom is -0.444 e. The summed E-state index contributed by atoms with van der Waals surface area (Å²) in [5.74, 6) is 1.50. The van der Waals surface area contributed by atoms with E-state index in [4.69, 9.17) is 32.9 Å². The summed E-state index contributed by atoms with van der Waals surface area (Å²) in [5.41, 5.74) is 2.70. The molecule has 1 aromatic carbocycles. The van der Waals surface area contributed by atoms with Crippen LogP contribution in [0.2, 0.25) is 10.0 Å². The monoisotopic (exact) mass is 499 g/mol. The van der Waals surface area contributed by atoms with E-state index in [1.54, 1.807) is 17.3 Å². The average Bonchev–Trinajstić information content (AvgIpc) is 3.44. The molecule has 34 heavy (non-hydrogen) atoms. The Morgan fingerprint density at radius 1 is 1.06 bits per heavy atom. The van der Waals surface area contributed by atoms with Gasteiger partial charge in [0.15, 0.2) is 0 Å². The third-order valence-electron chi connectivity index (χ3n) is 6.79. The summed E-state index contributed by atoms with van der Waals surface area (Å²) in [6.07, 6.45) is 5.94. The van der Waals surface area contributed by atoms with Crippen LogP contribution < -0.4 is 4.90 Å². The van der Waals surface area contributed by atoms with E-state index in [0.717, 1.165) is 48.7 Å². The fraction of sp³-hybridized carbons (Fsp3) is 0.480. The van der Waals surface area contributed by atoms with E-state index in [2.05, 4.69) is 20.6 Å². The molecule has 0 unspecified atom stereocenters. The summed E-state index contributed by atoms with van der Waals surface area (Å²) in [6, 6.07) is 5.55. The molecule has 3 fully saturated rings. The maximum absolute atomic E-state index is 12.4. The number of rotatable bonds is 3. The second kappa shape index (κ2) is 7.49. The molecule has 2 aromatic heterocycles. The summed E-state index contributed by atoms with van der Waals surface area (Å²) in [4.78, 5) is 25.8. The SMILES string of the molecule is CC(C)(C)OC(=O)N1CC2(C1)CN(c1ncnc3c1c(C1CC1)cn3-c1cc(Cl)cc(Cl)c1)C2. The van der Waals surface area contributed by atoms with E-state index in [1.165, 1.54) is 18.4 Å². The number of benzene rings is 1. The largest absolute Gasteiger partial charge is 0.444 e. The van der Waals surface area contributed by atoms with Gasteiger partial charge >= 0.3 is 6.09 Å². The normalized spacial score (nSPS) is 19.3. The van der Waals surface area contributed by atoms with Crippen molar-refractivity contribution in [2.75, 3.05) is 31.1 Å². The van der Waals surface area contributed by atoms with Gasteiger partial charge in [-0.1, -0.05) is 23.2 Å². The van der Waals surface area contributed by atoms with Crippen LogP contribution >= 0.6 is 23.2 Å². The predicted octanol–water partition coefficient (Wildman–Crippen LogP) is 5.66. The number of likely N-dealkylation sites (tertiary alicyclic amines) is 1. The van der Waals surface area contributed by atoms with Crippen LogP contribution in [0.5, 0.6) is 0 Å². The Bertz CT molecular complexity index is 1280. The third-order valence-corrected chi connectivity index (χ3v) is 7.23. The molecule has 1 amide bonds. The number of carbonyl (C=O) groups is 1. The summed E-state index contributed by atoms with van der Waals surface area (Å²) in [5, 5.41) is 2.30. The van der Waals surface area contributed by atoms with Gasteiger partial charge in [0.05, 0.1) is 5.39 Å². The molecule has 2 saturated heterocycles. The first-order valence-corrected chi connectivity index (χ1v) is 12.4. The van der Waals surface area contributed by atoms with Gasteiger partial charge in [0.2, 0.25) is 0 Å². The highest BCUT2D eigenvalue weighted by Gasteiger charge is 2.54. The molecule has 0 bridgehead atoms. The fourth-order valence-corrected chi connectivity index (χ4v) is 5.74. The van der Waals surface area contributed by atoms with E-state index in [1.807, 2.05) is 32.9 Å². The molecule has 1 saturated carbocycles. The first-order chi connectivity index (χ1) is 16.1. The van der Waals surface area contributed by atoms with Crippen molar-refractivity contribution in [1.29, 1.82) is 0 Å². The van der Waals surface area contributed by atoms with E-state index in [0.29, 0.717) is 16.0 Å². The second-order valence-corrected chi connectivity index (χ2v) is 11.8. The first-order valence-electron chi connectivity index (χ1n) is 11.7. The molecule has 4 heterocycles. The van der Waals surface area contributed by atoms with Gasteiger partial charge in [-0.05, 0) is 63.3 Å². The number of nitrogens with zero attached hydrogens (tertiary/aromatic N) is 5. The Balaban J connectivity index is 1.27. The Kier molecular flexibility index (Phi) is 4.84. The van der Waals surface area contributed by atoms with Crippen molar-refractivity contribution in [3.8, 4) is 5.69 Å². The Morgan fingerprint density at radius 2 is 1.74 bits per heavy atom. The Labute approximate surface area is 208 Å². The van der Waals surface area contributed by atoms with Crippen molar-refractivity contribution < 1.29 is 9.53 Å². The maximum Gasteiger partial charge on any atom is 0.410 e. The van der Waals surface area contributed by atoms with Crippen molar-refractivity contribution in [3.05, 3.63) is 46.3 Å². The van der Waals surface area contributed by atoms with Gasteiger partial charge in [0.25, 0.3) is 0 Å². The Morgan fingerprint density at radius 3 is 2.35 bits per heavy atom. The lowest BCUT2D eigenvalue weighted by Gasteiger charge is -2.60. The van der Waals surface area contributed by atoms with E-state index in [-0.39, 0.29) is 11.5 Å². The van der Waals surface area contributed by atoms with Gasteiger partial charge in [-0.2, -0.15) is 0 Å². The molecule has 178 valence electrons. The van der Waals surface area contributed by atoms with Crippen LogP contribution in [0.25, 0.3) is 16.7 Å². The molecule has 3 aromatic rings. The predicted molar refractivity (Wildman–Crippen MR) is 133 cm³/mol. The molecule has 2 aliphatic heterocycles. The van der Waals surface area contributed by atoms with E-state index in [9.17, 15) is 4.79 Å². The van der Waals surface area contributed by atoms with Crippen molar-refractivity contribution in [1.82, 2.24) is 19.4 Å². The molecular formula is C25H27Cl2N5O2. The lowest BCUT2D eigenvalue weighted by atomic mass is 9.73. The average molecular weight is 500 g/mol. The highest BCUT2D eigenvalue weighted by Crippen LogP contribution is 2.49. The second-order valence-electron chi connectivity index (χ2n) is 10.9. The van der Waals surface area contributed by atoms with Crippen LogP contribution in [0.1, 0.15) is 45.1 Å². The molecule has 3 aliphatic rings. The van der Waals surface area contributed by atoms with Crippen LogP contribution in [0.15, 0.2) is 30.7 Å². The standard InChI is InChI=1S/C25H27Cl2N5O2/c1-24(2,3)34-23(33)31-12-25(13-31)10-30(11-25)21-20-19(15-4-5-15)9-32(22(20)29-14-28-21)18-7-16(26)6-17(27)8-18/h6-9,14-15H,4-5,10-13H2,1-3H3. The summed E-state index contributed by atoms with van der Waals surface area (Å²) >= 11 is 12.6. The summed E-state index contributed by atoms with van der Waals surface area (Å²) in [6.45, 7) is 8.88. The molecule has 0 atom stereocenters. The minimum atomic E-state index is -0.475. The minimum absolute atomic E-state index is 0.122. The lowest BCUT2D eigenvalue weighted by Crippen LogP contribution is -2.73. The molecule has 1 spiro atoms. The highest BCUT2D eigenvalue weighted by molar-refractivity contribution is 6.34. The zero-order valence-electron chi connectivity index (χ0n) is 19.5. The third kappa shape index (κ3) is 3.79. The summed E-state index contributed by atoms with van der Waals surface area (Å²) < 4.78 is 7.59. The number of aromatic nitrogens is 3. The zero-order chi connectivity index (χ0) is 23.8. The summed E-state index contributed by atoms with van der Waals surface area (Å²) in [7, 11) is 0. The van der Waals surface area contributed by atoms with Crippen LogP contribution in [-0.2, 0) is 4.74 Å². The number of hydrogen-bond acceptors (Lipinski definition) is 5. The molecular weight excluding hydrogens is 473 g/mol. The van der Waals surface area contributed by atoms with Crippen molar-refractivity contribution >= 4 is 46.1 Å². The number of fused-ring (bicyclic) bond motifs is 1. The molecule has 9 heteroatoms. The first kappa shape index (κ1) is 22.0. The molecule has 1 aliphatic carbocycles. The van der Waals surface area contributed by atoms with Crippen LogP contribution in [0.4, 0.5) is 10.6 Å². The van der Waals surface area contributed by atoms with Crippen LogP contribution in [0.3, 0.4) is 0 Å². The van der Waals surface area contributed by atoms with Gasteiger partial charge < -0.3 is 19.1 Å². The van der Waals surface area contributed by atoms with Crippen molar-refractivity contribution in [3.63, 3.8) is 0 Å². The van der Waals surface area contributed by atoms with Crippen LogP contribution in [0, 0.1) is 5.41 Å². The quantitative estimate of drug-likeness (QED) is 0.464. The molecule has 7 nitrogen and oxygen atoms in total. The van der Waals surface area contributed by atoms with Gasteiger partial charge in [-0.25, -0.2) is 14.8 Å². The fourth-order valence-electron chi connectivity index (χ4n) is 5.22. The zero-order valence-corrected chi connectivity index (χ0v) is 21.0. The number of amides is 1. The van der Waals surface area contributed by atoms with Gasteiger partial charge in [-0.3, -0.25) is 0 Å². The van der Waals surface area contributed by atoms with Gasteiger partial charge in [0, 0.05) is 53.5 Å². The lowest BCUT2D eigenvalue weighted by molar-refractivity contribution is -0.0454. The van der Waals surface area contributed by atoms with Crippen LogP contribution in [-0.4, -0.2) is 57.3 Å². The number of halogens is 2. The maximum atomic E-state index is 12.4. The Hall–Kier alpha value is -2.51. The van der Waals surface area contributed by atoms with Crippen molar-refractivity contribution in [2.24, 2.45) is 5.41 Å². The number of carbonyl (C=O) groups excluding carboxylic acids is 1.